The van der Waals surface area contributed by atoms with E-state index < -0.39 is 16.6 Å². The summed E-state index contributed by atoms with van der Waals surface area (Å²) in [5.41, 5.74) is 2.60. The molecule has 22 heavy (non-hydrogen) atoms. The number of carbonyl (C=O) groups is 1. The third kappa shape index (κ3) is 3.95. The smallest absolute Gasteiger partial charge is 0.273 e. The van der Waals surface area contributed by atoms with Crippen LogP contribution in [0.15, 0.2) is 53.6 Å². The summed E-state index contributed by atoms with van der Waals surface area (Å²) in [5, 5.41) is 14.5. The minimum absolute atomic E-state index is 0.129. The maximum atomic E-state index is 13.3. The number of nitro groups is 1. The number of hydrazone groups is 1. The zero-order valence-corrected chi connectivity index (χ0v) is 11.4. The maximum absolute atomic E-state index is 13.3. The van der Waals surface area contributed by atoms with Gasteiger partial charge in [0.2, 0.25) is 5.91 Å². The minimum Gasteiger partial charge on any atom is -0.273 e. The number of para-hydroxylation sites is 1. The zero-order valence-electron chi connectivity index (χ0n) is 11.4. The van der Waals surface area contributed by atoms with Gasteiger partial charge in [-0.25, -0.2) is 9.82 Å². The lowest BCUT2D eigenvalue weighted by atomic mass is 10.1. The minimum atomic E-state index is -0.550. The van der Waals surface area contributed by atoms with Crippen molar-refractivity contribution >= 4 is 17.8 Å². The number of carbonyl (C=O) groups excluding carboxylic acids is 1. The molecular weight excluding hydrogens is 289 g/mol. The van der Waals surface area contributed by atoms with Gasteiger partial charge in [-0.05, 0) is 6.07 Å². The van der Waals surface area contributed by atoms with E-state index in [4.69, 9.17) is 0 Å². The molecule has 7 heteroatoms. The molecule has 112 valence electrons. The molecule has 0 bridgehead atoms. The average molecular weight is 301 g/mol. The van der Waals surface area contributed by atoms with Crippen LogP contribution >= 0.6 is 0 Å². The molecule has 0 saturated carbocycles. The van der Waals surface area contributed by atoms with Crippen molar-refractivity contribution < 1.29 is 14.1 Å². The predicted octanol–water partition coefficient (Wildman–Crippen LogP) is 2.43. The lowest BCUT2D eigenvalue weighted by molar-refractivity contribution is -0.385. The lowest BCUT2D eigenvalue weighted by Gasteiger charge is -2.02. The first-order valence-corrected chi connectivity index (χ1v) is 6.36. The molecule has 0 fully saturated rings. The van der Waals surface area contributed by atoms with E-state index in [2.05, 4.69) is 10.5 Å². The van der Waals surface area contributed by atoms with Gasteiger partial charge in [-0.1, -0.05) is 36.4 Å². The summed E-state index contributed by atoms with van der Waals surface area (Å²) in [5.74, 6) is -0.985. The second-order valence-electron chi connectivity index (χ2n) is 4.38. The van der Waals surface area contributed by atoms with Crippen LogP contribution in [-0.2, 0) is 11.2 Å². The van der Waals surface area contributed by atoms with Gasteiger partial charge in [0.15, 0.2) is 0 Å². The second kappa shape index (κ2) is 7.07. The first-order valence-electron chi connectivity index (χ1n) is 6.36. The van der Waals surface area contributed by atoms with Crippen LogP contribution in [0.3, 0.4) is 0 Å². The van der Waals surface area contributed by atoms with E-state index in [1.165, 1.54) is 36.5 Å². The molecule has 0 saturated heterocycles. The standard InChI is InChI=1S/C15H12FN3O3/c16-13-7-3-1-6-12(13)10-17-18-15(20)9-11-5-2-4-8-14(11)19(21)22/h1-8,10H,9H2,(H,18,20)/b17-10+. The highest BCUT2D eigenvalue weighted by Crippen LogP contribution is 2.17. The van der Waals surface area contributed by atoms with E-state index in [9.17, 15) is 19.3 Å². The Kier molecular flexibility index (Phi) is 4.92. The molecule has 0 aliphatic heterocycles. The molecular formula is C15H12FN3O3. The fourth-order valence-electron chi connectivity index (χ4n) is 1.80. The Hall–Kier alpha value is -3.09. The van der Waals surface area contributed by atoms with E-state index in [0.717, 1.165) is 0 Å². The van der Waals surface area contributed by atoms with E-state index in [1.54, 1.807) is 18.2 Å². The average Bonchev–Trinajstić information content (AvgIpc) is 2.49. The number of hydrogen-bond donors (Lipinski definition) is 1. The first-order chi connectivity index (χ1) is 10.6. The molecule has 0 radical (unpaired) electrons. The predicted molar refractivity (Wildman–Crippen MR) is 78.9 cm³/mol. The van der Waals surface area contributed by atoms with Gasteiger partial charge in [-0.2, -0.15) is 5.10 Å². The van der Waals surface area contributed by atoms with E-state index in [0.29, 0.717) is 0 Å². The largest absolute Gasteiger partial charge is 0.273 e. The fourth-order valence-corrected chi connectivity index (χ4v) is 1.80. The first kappa shape index (κ1) is 15.3. The summed E-state index contributed by atoms with van der Waals surface area (Å²) in [6.45, 7) is 0. The van der Waals surface area contributed by atoms with Crippen LogP contribution < -0.4 is 5.43 Å². The number of amides is 1. The SMILES string of the molecule is O=C(Cc1ccccc1[N+](=O)[O-])N/N=C/c1ccccc1F. The molecule has 2 aromatic rings. The van der Waals surface area contributed by atoms with Gasteiger partial charge in [-0.15, -0.1) is 0 Å². The molecule has 0 spiro atoms. The Balaban J connectivity index is 2.00. The Morgan fingerprint density at radius 1 is 1.23 bits per heavy atom. The van der Waals surface area contributed by atoms with Crippen LogP contribution in [-0.4, -0.2) is 17.0 Å². The lowest BCUT2D eigenvalue weighted by Crippen LogP contribution is -2.20. The molecule has 1 amide bonds. The van der Waals surface area contributed by atoms with Gasteiger partial charge in [0, 0.05) is 17.2 Å². The van der Waals surface area contributed by atoms with Crippen molar-refractivity contribution in [1.29, 1.82) is 0 Å². The molecule has 2 rings (SSSR count). The normalized spacial score (nSPS) is 10.6. The summed E-state index contributed by atoms with van der Waals surface area (Å²) in [4.78, 5) is 22.0. The molecule has 0 aliphatic rings. The van der Waals surface area contributed by atoms with Crippen LogP contribution in [0.2, 0.25) is 0 Å². The Morgan fingerprint density at radius 2 is 1.91 bits per heavy atom. The van der Waals surface area contributed by atoms with Gasteiger partial charge < -0.3 is 0 Å². The van der Waals surface area contributed by atoms with Crippen LogP contribution in [0.1, 0.15) is 11.1 Å². The number of hydrogen-bond acceptors (Lipinski definition) is 4. The number of benzene rings is 2. The van der Waals surface area contributed by atoms with Gasteiger partial charge >= 0.3 is 0 Å². The highest BCUT2D eigenvalue weighted by atomic mass is 19.1. The monoisotopic (exact) mass is 301 g/mol. The van der Waals surface area contributed by atoms with Crippen molar-refractivity contribution in [3.8, 4) is 0 Å². The molecule has 0 aromatic heterocycles. The second-order valence-corrected chi connectivity index (χ2v) is 4.38. The molecule has 0 unspecified atom stereocenters. The van der Waals surface area contributed by atoms with Gasteiger partial charge in [0.1, 0.15) is 5.82 Å². The van der Waals surface area contributed by atoms with Crippen LogP contribution in [0.5, 0.6) is 0 Å². The van der Waals surface area contributed by atoms with E-state index in [1.807, 2.05) is 0 Å². The van der Waals surface area contributed by atoms with E-state index >= 15 is 0 Å². The summed E-state index contributed by atoms with van der Waals surface area (Å²) < 4.78 is 13.3. The maximum Gasteiger partial charge on any atom is 0.273 e. The van der Waals surface area contributed by atoms with Gasteiger partial charge in [-0.3, -0.25) is 14.9 Å². The van der Waals surface area contributed by atoms with Gasteiger partial charge in [0.05, 0.1) is 17.6 Å². The third-order valence-corrected chi connectivity index (χ3v) is 2.84. The van der Waals surface area contributed by atoms with Crippen LogP contribution in [0.4, 0.5) is 10.1 Å². The number of nitro benzene ring substituents is 1. The van der Waals surface area contributed by atoms with E-state index in [-0.39, 0.29) is 23.2 Å². The molecule has 0 heterocycles. The molecule has 6 nitrogen and oxygen atoms in total. The number of nitrogens with one attached hydrogen (secondary N) is 1. The summed E-state index contributed by atoms with van der Waals surface area (Å²) >= 11 is 0. The van der Waals surface area contributed by atoms with Crippen molar-refractivity contribution in [2.75, 3.05) is 0 Å². The van der Waals surface area contributed by atoms with Crippen molar-refractivity contribution in [3.05, 3.63) is 75.6 Å². The van der Waals surface area contributed by atoms with Crippen molar-refractivity contribution in [2.45, 2.75) is 6.42 Å². The van der Waals surface area contributed by atoms with Crippen LogP contribution in [0.25, 0.3) is 0 Å². The summed E-state index contributed by atoms with van der Waals surface area (Å²) in [6, 6.07) is 11.9. The molecule has 1 N–H and O–H groups in total. The Morgan fingerprint density at radius 3 is 2.64 bits per heavy atom. The molecule has 0 aliphatic carbocycles. The number of halogens is 1. The van der Waals surface area contributed by atoms with Crippen molar-refractivity contribution in [3.63, 3.8) is 0 Å². The highest BCUT2D eigenvalue weighted by molar-refractivity contribution is 5.83. The Labute approximate surface area is 125 Å². The third-order valence-electron chi connectivity index (χ3n) is 2.84. The highest BCUT2D eigenvalue weighted by Gasteiger charge is 2.14. The molecule has 0 atom stereocenters. The summed E-state index contributed by atoms with van der Waals surface area (Å²) in [7, 11) is 0. The number of rotatable bonds is 5. The Bertz CT molecular complexity index is 731. The topological polar surface area (TPSA) is 84.6 Å². The quantitative estimate of drug-likeness (QED) is 0.523. The molecule has 2 aromatic carbocycles. The van der Waals surface area contributed by atoms with Gasteiger partial charge in [0.25, 0.3) is 5.69 Å². The van der Waals surface area contributed by atoms with Crippen LogP contribution in [0, 0.1) is 15.9 Å². The fraction of sp³-hybridized carbons (Fsp3) is 0.0667. The van der Waals surface area contributed by atoms with Crippen molar-refractivity contribution in [1.82, 2.24) is 5.43 Å². The number of nitrogens with zero attached hydrogens (tertiary/aromatic N) is 2. The zero-order chi connectivity index (χ0) is 15.9. The van der Waals surface area contributed by atoms with Crippen molar-refractivity contribution in [2.24, 2.45) is 5.10 Å². The summed E-state index contributed by atoms with van der Waals surface area (Å²) in [6.07, 6.45) is 0.985.